The van der Waals surface area contributed by atoms with Crippen LogP contribution >= 0.6 is 0 Å². The Labute approximate surface area is 95.3 Å². The molecular formula is C13H15N3. The van der Waals surface area contributed by atoms with Gasteiger partial charge in [0.15, 0.2) is 0 Å². The van der Waals surface area contributed by atoms with Crippen molar-refractivity contribution >= 4 is 5.95 Å². The second-order valence-corrected chi connectivity index (χ2v) is 4.29. The summed E-state index contributed by atoms with van der Waals surface area (Å²) in [4.78, 5) is 6.94. The van der Waals surface area contributed by atoms with Crippen LogP contribution in [0.4, 0.5) is 5.95 Å². The number of fused-ring (bicyclic) bond motifs is 1. The summed E-state index contributed by atoms with van der Waals surface area (Å²) in [6.07, 6.45) is 0. The number of hydrogen-bond donors (Lipinski definition) is 0. The van der Waals surface area contributed by atoms with Crippen molar-refractivity contribution in [2.45, 2.75) is 13.5 Å². The van der Waals surface area contributed by atoms with Gasteiger partial charge >= 0.3 is 0 Å². The highest BCUT2D eigenvalue weighted by molar-refractivity contribution is 5.65. The van der Waals surface area contributed by atoms with Crippen LogP contribution in [0, 0.1) is 6.92 Å². The van der Waals surface area contributed by atoms with E-state index in [1.165, 1.54) is 11.3 Å². The highest BCUT2D eigenvalue weighted by Gasteiger charge is 2.22. The summed E-state index contributed by atoms with van der Waals surface area (Å²) < 4.78 is 2.29. The Kier molecular flexibility index (Phi) is 1.99. The molecule has 0 saturated heterocycles. The zero-order valence-electron chi connectivity index (χ0n) is 9.64. The molecule has 0 fully saturated rings. The molecule has 1 aliphatic heterocycles. The molecule has 1 aliphatic rings. The first kappa shape index (κ1) is 9.46. The van der Waals surface area contributed by atoms with Gasteiger partial charge in [-0.1, -0.05) is 30.3 Å². The molecule has 1 aromatic carbocycles. The van der Waals surface area contributed by atoms with Crippen LogP contribution < -0.4 is 4.90 Å². The molecule has 3 nitrogen and oxygen atoms in total. The third-order valence-corrected chi connectivity index (χ3v) is 3.25. The van der Waals surface area contributed by atoms with Crippen LogP contribution in [0.15, 0.2) is 30.3 Å². The van der Waals surface area contributed by atoms with E-state index in [2.05, 4.69) is 47.7 Å². The quantitative estimate of drug-likeness (QED) is 0.724. The van der Waals surface area contributed by atoms with E-state index in [0.29, 0.717) is 0 Å². The highest BCUT2D eigenvalue weighted by Crippen LogP contribution is 2.29. The summed E-state index contributed by atoms with van der Waals surface area (Å²) in [6, 6.07) is 10.4. The normalized spacial score (nSPS) is 14.2. The zero-order valence-corrected chi connectivity index (χ0v) is 9.64. The predicted octanol–water partition coefficient (Wildman–Crippen LogP) is 2.31. The van der Waals surface area contributed by atoms with Gasteiger partial charge in [-0.3, -0.25) is 0 Å². The fourth-order valence-electron chi connectivity index (χ4n) is 2.30. The first-order valence-electron chi connectivity index (χ1n) is 5.61. The average molecular weight is 213 g/mol. The van der Waals surface area contributed by atoms with Crippen molar-refractivity contribution in [1.29, 1.82) is 0 Å². The van der Waals surface area contributed by atoms with Crippen molar-refractivity contribution in [3.8, 4) is 11.3 Å². The van der Waals surface area contributed by atoms with E-state index in [4.69, 9.17) is 4.98 Å². The molecule has 0 amide bonds. The molecule has 2 aromatic rings. The number of nitrogens with zero attached hydrogens (tertiary/aromatic N) is 3. The zero-order chi connectivity index (χ0) is 11.1. The number of benzene rings is 1. The van der Waals surface area contributed by atoms with E-state index >= 15 is 0 Å². The van der Waals surface area contributed by atoms with Crippen molar-refractivity contribution in [1.82, 2.24) is 9.55 Å². The molecule has 0 bridgehead atoms. The Morgan fingerprint density at radius 2 is 1.88 bits per heavy atom. The van der Waals surface area contributed by atoms with Gasteiger partial charge in [0.25, 0.3) is 0 Å². The Morgan fingerprint density at radius 3 is 2.56 bits per heavy atom. The molecule has 1 aromatic heterocycles. The maximum Gasteiger partial charge on any atom is 0.206 e. The highest BCUT2D eigenvalue weighted by atomic mass is 15.4. The van der Waals surface area contributed by atoms with E-state index in [1.54, 1.807) is 0 Å². The summed E-state index contributed by atoms with van der Waals surface area (Å²) in [5, 5.41) is 0. The number of anilines is 1. The van der Waals surface area contributed by atoms with E-state index in [9.17, 15) is 0 Å². The van der Waals surface area contributed by atoms with Gasteiger partial charge in [-0.05, 0) is 6.92 Å². The molecule has 0 radical (unpaired) electrons. The van der Waals surface area contributed by atoms with Crippen molar-refractivity contribution < 1.29 is 0 Å². The minimum atomic E-state index is 1.05. The second-order valence-electron chi connectivity index (χ2n) is 4.29. The first-order valence-corrected chi connectivity index (χ1v) is 5.61. The fraction of sp³-hybridized carbons (Fsp3) is 0.308. The summed E-state index contributed by atoms with van der Waals surface area (Å²) in [5.74, 6) is 1.09. The Morgan fingerprint density at radius 1 is 1.12 bits per heavy atom. The standard InChI is InChI=1S/C13H15N3/c1-10-12(11-6-4-3-5-7-11)14-13-15(2)8-9-16(10)13/h3-7H,8-9H2,1-2H3. The largest absolute Gasteiger partial charge is 0.344 e. The molecule has 0 aliphatic carbocycles. The van der Waals surface area contributed by atoms with Gasteiger partial charge in [-0.2, -0.15) is 0 Å². The lowest BCUT2D eigenvalue weighted by atomic mass is 10.1. The van der Waals surface area contributed by atoms with Crippen molar-refractivity contribution in [3.05, 3.63) is 36.0 Å². The first-order chi connectivity index (χ1) is 7.77. The summed E-state index contributed by atoms with van der Waals surface area (Å²) in [6.45, 7) is 4.27. The maximum absolute atomic E-state index is 4.73. The summed E-state index contributed by atoms with van der Waals surface area (Å²) >= 11 is 0. The molecular weight excluding hydrogens is 198 g/mol. The van der Waals surface area contributed by atoms with Gasteiger partial charge in [-0.25, -0.2) is 4.98 Å². The Balaban J connectivity index is 2.14. The van der Waals surface area contributed by atoms with Gasteiger partial charge < -0.3 is 9.47 Å². The summed E-state index contributed by atoms with van der Waals surface area (Å²) in [5.41, 5.74) is 3.59. The minimum Gasteiger partial charge on any atom is -0.344 e. The SMILES string of the molecule is Cc1c(-c2ccccc2)nc2n1CCN2C. The van der Waals surface area contributed by atoms with Crippen molar-refractivity contribution in [2.24, 2.45) is 0 Å². The number of imidazole rings is 1. The molecule has 3 heteroatoms. The van der Waals surface area contributed by atoms with E-state index < -0.39 is 0 Å². The molecule has 0 spiro atoms. The number of aromatic nitrogens is 2. The number of likely N-dealkylation sites (N-methyl/N-ethyl adjacent to an activating group) is 1. The fourth-order valence-corrected chi connectivity index (χ4v) is 2.30. The number of rotatable bonds is 1. The molecule has 0 unspecified atom stereocenters. The second kappa shape index (κ2) is 3.37. The van der Waals surface area contributed by atoms with E-state index in [1.807, 2.05) is 6.07 Å². The maximum atomic E-state index is 4.73. The lowest BCUT2D eigenvalue weighted by molar-refractivity contribution is 0.772. The monoisotopic (exact) mass is 213 g/mol. The van der Waals surface area contributed by atoms with Gasteiger partial charge in [0.2, 0.25) is 5.95 Å². The minimum absolute atomic E-state index is 1.05. The van der Waals surface area contributed by atoms with Crippen molar-refractivity contribution in [2.75, 3.05) is 18.5 Å². The Hall–Kier alpha value is -1.77. The summed E-state index contributed by atoms with van der Waals surface area (Å²) in [7, 11) is 2.10. The van der Waals surface area contributed by atoms with Crippen LogP contribution in [0.25, 0.3) is 11.3 Å². The van der Waals surface area contributed by atoms with Crippen molar-refractivity contribution in [3.63, 3.8) is 0 Å². The van der Waals surface area contributed by atoms with Gasteiger partial charge in [0.1, 0.15) is 0 Å². The molecule has 2 heterocycles. The lowest BCUT2D eigenvalue weighted by Gasteiger charge is -2.05. The van der Waals surface area contributed by atoms with Crippen LogP contribution in [0.5, 0.6) is 0 Å². The van der Waals surface area contributed by atoms with Gasteiger partial charge in [0.05, 0.1) is 5.69 Å². The molecule has 0 saturated carbocycles. The molecule has 3 rings (SSSR count). The third-order valence-electron chi connectivity index (χ3n) is 3.25. The van der Waals surface area contributed by atoms with Crippen LogP contribution in [0.2, 0.25) is 0 Å². The van der Waals surface area contributed by atoms with Gasteiger partial charge in [0, 0.05) is 31.4 Å². The Bertz CT molecular complexity index is 513. The molecule has 0 N–H and O–H groups in total. The molecule has 82 valence electrons. The van der Waals surface area contributed by atoms with E-state index in [-0.39, 0.29) is 0 Å². The van der Waals surface area contributed by atoms with Gasteiger partial charge in [-0.15, -0.1) is 0 Å². The van der Waals surface area contributed by atoms with Crippen LogP contribution in [0.1, 0.15) is 5.69 Å². The molecule has 0 atom stereocenters. The van der Waals surface area contributed by atoms with Crippen LogP contribution in [-0.4, -0.2) is 23.1 Å². The van der Waals surface area contributed by atoms with E-state index in [0.717, 1.165) is 24.7 Å². The van der Waals surface area contributed by atoms with Crippen LogP contribution in [-0.2, 0) is 6.54 Å². The molecule has 16 heavy (non-hydrogen) atoms. The third kappa shape index (κ3) is 1.24. The lowest BCUT2D eigenvalue weighted by Crippen LogP contribution is -2.13. The average Bonchev–Trinajstić information content (AvgIpc) is 2.83. The van der Waals surface area contributed by atoms with Crippen LogP contribution in [0.3, 0.4) is 0 Å². The predicted molar refractivity (Wildman–Crippen MR) is 65.7 cm³/mol. The topological polar surface area (TPSA) is 21.1 Å². The smallest absolute Gasteiger partial charge is 0.206 e. The number of hydrogen-bond acceptors (Lipinski definition) is 2.